The minimum atomic E-state index is 0.202. The molecule has 1 atom stereocenters. The maximum absolute atomic E-state index is 10.6. The monoisotopic (exact) mass is 224 g/mol. The summed E-state index contributed by atoms with van der Waals surface area (Å²) in [4.78, 5) is 10.6. The van der Waals surface area contributed by atoms with Gasteiger partial charge in [-0.05, 0) is 0 Å². The molecule has 0 spiro atoms. The molecule has 0 amide bonds. The van der Waals surface area contributed by atoms with Crippen LogP contribution in [0, 0.1) is 0 Å². The number of thioether (sulfide) groups is 3. The summed E-state index contributed by atoms with van der Waals surface area (Å²) in [5.41, 5.74) is 0. The Hall–Kier alpha value is 0.810. The fourth-order valence-corrected chi connectivity index (χ4v) is 4.51. The summed E-state index contributed by atoms with van der Waals surface area (Å²) in [6.07, 6.45) is 0. The maximum atomic E-state index is 10.6. The van der Waals surface area contributed by atoms with Gasteiger partial charge in [0.15, 0.2) is 5.12 Å². The molecule has 1 rings (SSSR count). The Morgan fingerprint density at radius 2 is 2.64 bits per heavy atom. The second-order valence-electron chi connectivity index (χ2n) is 2.10. The van der Waals surface area contributed by atoms with Gasteiger partial charge >= 0.3 is 0 Å². The van der Waals surface area contributed by atoms with Crippen LogP contribution in [0.25, 0.3) is 0 Å². The molecule has 0 radical (unpaired) electrons. The highest BCUT2D eigenvalue weighted by Gasteiger charge is 2.20. The van der Waals surface area contributed by atoms with E-state index in [0.29, 0.717) is 5.25 Å². The second kappa shape index (κ2) is 4.74. The number of hydrogen-bond acceptors (Lipinski definition) is 5. The van der Waals surface area contributed by atoms with Crippen LogP contribution in [-0.2, 0) is 4.79 Å². The van der Waals surface area contributed by atoms with Gasteiger partial charge in [0.2, 0.25) is 0 Å². The Bertz CT molecular complexity index is 179. The second-order valence-corrected chi connectivity index (χ2v) is 6.82. The van der Waals surface area contributed by atoms with Crippen LogP contribution in [0.4, 0.5) is 0 Å². The van der Waals surface area contributed by atoms with Crippen LogP contribution in [-0.4, -0.2) is 25.4 Å². The molecule has 0 saturated carbocycles. The predicted octanol–water partition coefficient (Wildman–Crippen LogP) is 2.40. The number of rotatable bonds is 2. The molecule has 0 bridgehead atoms. The molecule has 0 aromatic rings. The Kier molecular flexibility index (Phi) is 4.27. The number of carbonyl (C=O) groups excluding carboxylic acids is 1. The van der Waals surface area contributed by atoms with Gasteiger partial charge in [-0.25, -0.2) is 0 Å². The SMILES string of the molecule is CC(=O)SCC1CSC(=S)S1. The first-order valence-electron chi connectivity index (χ1n) is 3.15. The van der Waals surface area contributed by atoms with E-state index in [1.807, 2.05) is 0 Å². The molecular formula is C6H8OS4. The standard InChI is InChI=1S/C6H8OS4/c1-4(7)9-2-5-3-10-6(8)11-5/h5H,2-3H2,1H3. The van der Waals surface area contributed by atoms with Crippen LogP contribution in [0.5, 0.6) is 0 Å². The van der Waals surface area contributed by atoms with Gasteiger partial charge in [0.25, 0.3) is 0 Å². The van der Waals surface area contributed by atoms with Crippen molar-refractivity contribution in [1.82, 2.24) is 0 Å². The summed E-state index contributed by atoms with van der Waals surface area (Å²) in [6, 6.07) is 0. The molecule has 0 aromatic carbocycles. The number of carbonyl (C=O) groups is 1. The largest absolute Gasteiger partial charge is 0.288 e. The highest BCUT2D eigenvalue weighted by molar-refractivity contribution is 8.49. The van der Waals surface area contributed by atoms with Crippen molar-refractivity contribution < 1.29 is 4.79 Å². The number of thiocarbonyl (C=S) groups is 1. The zero-order chi connectivity index (χ0) is 8.27. The Balaban J connectivity index is 2.18. The fraction of sp³-hybridized carbons (Fsp3) is 0.667. The molecule has 1 fully saturated rings. The van der Waals surface area contributed by atoms with E-state index >= 15 is 0 Å². The highest BCUT2D eigenvalue weighted by Crippen LogP contribution is 2.34. The van der Waals surface area contributed by atoms with Crippen molar-refractivity contribution in [2.75, 3.05) is 11.5 Å². The van der Waals surface area contributed by atoms with Crippen molar-refractivity contribution in [3.05, 3.63) is 0 Å². The van der Waals surface area contributed by atoms with Crippen LogP contribution >= 0.6 is 47.5 Å². The van der Waals surface area contributed by atoms with Crippen LogP contribution < -0.4 is 0 Å². The Labute approximate surface area is 84.4 Å². The zero-order valence-corrected chi connectivity index (χ0v) is 9.30. The fourth-order valence-electron chi connectivity index (χ4n) is 0.658. The van der Waals surface area contributed by atoms with Gasteiger partial charge in [0.1, 0.15) is 3.53 Å². The van der Waals surface area contributed by atoms with Gasteiger partial charge < -0.3 is 0 Å². The van der Waals surface area contributed by atoms with E-state index in [-0.39, 0.29) is 5.12 Å². The van der Waals surface area contributed by atoms with Gasteiger partial charge in [-0.3, -0.25) is 4.79 Å². The first-order chi connectivity index (χ1) is 5.18. The third-order valence-electron chi connectivity index (χ3n) is 1.12. The van der Waals surface area contributed by atoms with Crippen molar-refractivity contribution >= 4 is 56.1 Å². The first-order valence-corrected chi connectivity index (χ1v) is 6.41. The molecule has 0 aromatic heterocycles. The summed E-state index contributed by atoms with van der Waals surface area (Å²) in [5, 5.41) is 0.759. The summed E-state index contributed by atoms with van der Waals surface area (Å²) in [5.74, 6) is 1.98. The van der Waals surface area contributed by atoms with Gasteiger partial charge in [0.05, 0.1) is 0 Å². The summed E-state index contributed by atoms with van der Waals surface area (Å²) in [7, 11) is 0. The topological polar surface area (TPSA) is 17.1 Å². The Morgan fingerprint density at radius 1 is 1.91 bits per heavy atom. The molecule has 1 saturated heterocycles. The van der Waals surface area contributed by atoms with Gasteiger partial charge in [-0.2, -0.15) is 0 Å². The number of hydrogen-bond donors (Lipinski definition) is 0. The summed E-state index contributed by atoms with van der Waals surface area (Å²) in [6.45, 7) is 1.61. The normalized spacial score (nSPS) is 24.1. The van der Waals surface area contributed by atoms with Crippen molar-refractivity contribution in [2.45, 2.75) is 12.2 Å². The van der Waals surface area contributed by atoms with E-state index in [1.165, 1.54) is 11.8 Å². The lowest BCUT2D eigenvalue weighted by Gasteiger charge is -2.02. The van der Waals surface area contributed by atoms with Crippen LogP contribution in [0.1, 0.15) is 6.92 Å². The van der Waals surface area contributed by atoms with Crippen molar-refractivity contribution in [1.29, 1.82) is 0 Å². The van der Waals surface area contributed by atoms with E-state index in [1.54, 1.807) is 30.4 Å². The van der Waals surface area contributed by atoms with Gasteiger partial charge in [-0.15, -0.1) is 23.5 Å². The average molecular weight is 224 g/mol. The maximum Gasteiger partial charge on any atom is 0.185 e. The lowest BCUT2D eigenvalue weighted by molar-refractivity contribution is -0.109. The van der Waals surface area contributed by atoms with Gasteiger partial charge in [0, 0.05) is 23.7 Å². The molecular weight excluding hydrogens is 216 g/mol. The molecule has 0 aliphatic carbocycles. The Morgan fingerprint density at radius 3 is 3.09 bits per heavy atom. The summed E-state index contributed by atoms with van der Waals surface area (Å²) < 4.78 is 1.03. The van der Waals surface area contributed by atoms with Crippen LogP contribution in [0.3, 0.4) is 0 Å². The minimum Gasteiger partial charge on any atom is -0.288 e. The van der Waals surface area contributed by atoms with Crippen molar-refractivity contribution in [3.8, 4) is 0 Å². The van der Waals surface area contributed by atoms with E-state index in [4.69, 9.17) is 12.2 Å². The summed E-state index contributed by atoms with van der Waals surface area (Å²) >= 11 is 9.86. The molecule has 5 heteroatoms. The molecule has 1 aliphatic heterocycles. The van der Waals surface area contributed by atoms with E-state index < -0.39 is 0 Å². The highest BCUT2D eigenvalue weighted by atomic mass is 32.2. The molecule has 1 nitrogen and oxygen atoms in total. The molecule has 0 N–H and O–H groups in total. The van der Waals surface area contributed by atoms with E-state index in [9.17, 15) is 4.79 Å². The lowest BCUT2D eigenvalue weighted by Crippen LogP contribution is -2.05. The van der Waals surface area contributed by atoms with Crippen molar-refractivity contribution in [2.24, 2.45) is 0 Å². The quantitative estimate of drug-likeness (QED) is 0.668. The van der Waals surface area contributed by atoms with Crippen LogP contribution in [0.15, 0.2) is 0 Å². The average Bonchev–Trinajstić information content (AvgIpc) is 2.31. The molecule has 1 aliphatic rings. The minimum absolute atomic E-state index is 0.202. The zero-order valence-electron chi connectivity index (χ0n) is 6.03. The third kappa shape index (κ3) is 3.83. The molecule has 11 heavy (non-hydrogen) atoms. The first kappa shape index (κ1) is 9.89. The predicted molar refractivity (Wildman–Crippen MR) is 59.6 cm³/mol. The smallest absolute Gasteiger partial charge is 0.185 e. The van der Waals surface area contributed by atoms with Gasteiger partial charge in [-0.1, -0.05) is 24.0 Å². The van der Waals surface area contributed by atoms with Crippen molar-refractivity contribution in [3.63, 3.8) is 0 Å². The molecule has 1 unspecified atom stereocenters. The van der Waals surface area contributed by atoms with E-state index in [0.717, 1.165) is 15.0 Å². The van der Waals surface area contributed by atoms with E-state index in [2.05, 4.69) is 0 Å². The third-order valence-corrected chi connectivity index (χ3v) is 5.47. The lowest BCUT2D eigenvalue weighted by atomic mass is 10.5. The molecule has 62 valence electrons. The molecule has 1 heterocycles. The van der Waals surface area contributed by atoms with Crippen LogP contribution in [0.2, 0.25) is 0 Å².